The number of hydrogen-bond acceptors (Lipinski definition) is 3. The molecule has 10 heavy (non-hydrogen) atoms. The highest BCUT2D eigenvalue weighted by Crippen LogP contribution is 2.18. The number of allylic oxidation sites excluding steroid dienone is 2. The van der Waals surface area contributed by atoms with Gasteiger partial charge in [-0.2, -0.15) is 0 Å². The van der Waals surface area contributed by atoms with Gasteiger partial charge in [-0.15, -0.1) is 5.11 Å². The largest absolute Gasteiger partial charge is 0.471 e. The lowest BCUT2D eigenvalue weighted by atomic mass is 10.1. The Balaban J connectivity index is 2.86. The summed E-state index contributed by atoms with van der Waals surface area (Å²) >= 11 is 0. The predicted octanol–water partition coefficient (Wildman–Crippen LogP) is 2.22. The third-order valence-corrected chi connectivity index (χ3v) is 1.64. The molecule has 0 aromatic carbocycles. The highest BCUT2D eigenvalue weighted by molar-refractivity contribution is 5.26. The van der Waals surface area contributed by atoms with Gasteiger partial charge in [0.25, 0.3) is 0 Å². The van der Waals surface area contributed by atoms with Gasteiger partial charge in [-0.25, -0.2) is 5.53 Å². The van der Waals surface area contributed by atoms with Crippen LogP contribution in [0.4, 0.5) is 0 Å². The summed E-state index contributed by atoms with van der Waals surface area (Å²) in [7, 11) is 0. The normalized spacial score (nSPS) is 24.4. The first-order chi connectivity index (χ1) is 4.75. The fraction of sp³-hybridized carbons (Fsp3) is 0.429. The zero-order valence-corrected chi connectivity index (χ0v) is 6.09. The van der Waals surface area contributed by atoms with E-state index in [4.69, 9.17) is 10.3 Å². The minimum Gasteiger partial charge on any atom is -0.471 e. The Hall–Kier alpha value is -1.12. The lowest BCUT2D eigenvalue weighted by Gasteiger charge is -2.16. The van der Waals surface area contributed by atoms with Crippen molar-refractivity contribution in [3.8, 4) is 0 Å². The van der Waals surface area contributed by atoms with Gasteiger partial charge < -0.3 is 4.74 Å². The van der Waals surface area contributed by atoms with Crippen LogP contribution in [0.15, 0.2) is 28.6 Å². The first-order valence-corrected chi connectivity index (χ1v) is 3.11. The van der Waals surface area contributed by atoms with Gasteiger partial charge in [-0.05, 0) is 31.1 Å². The number of hydrogen-bond donors (Lipinski definition) is 1. The van der Waals surface area contributed by atoms with Gasteiger partial charge in [0.05, 0.1) is 6.26 Å². The average molecular weight is 138 g/mol. The molecule has 0 saturated heterocycles. The minimum atomic E-state index is -0.384. The Labute approximate surface area is 59.9 Å². The Kier molecular flexibility index (Phi) is 1.85. The van der Waals surface area contributed by atoms with E-state index in [0.29, 0.717) is 0 Å². The molecular formula is C7H10N2O. The monoisotopic (exact) mass is 138 g/mol. The molecule has 1 aliphatic heterocycles. The summed E-state index contributed by atoms with van der Waals surface area (Å²) in [6.07, 6.45) is 3.06. The van der Waals surface area contributed by atoms with E-state index in [-0.39, 0.29) is 6.23 Å². The van der Waals surface area contributed by atoms with Crippen LogP contribution in [0.2, 0.25) is 0 Å². The van der Waals surface area contributed by atoms with Crippen LogP contribution in [-0.2, 0) is 4.74 Å². The van der Waals surface area contributed by atoms with Gasteiger partial charge in [-0.3, -0.25) is 0 Å². The van der Waals surface area contributed by atoms with Crippen molar-refractivity contribution < 1.29 is 4.74 Å². The maximum atomic E-state index is 6.75. The predicted molar refractivity (Wildman–Crippen MR) is 37.5 cm³/mol. The van der Waals surface area contributed by atoms with Crippen molar-refractivity contribution in [3.05, 3.63) is 23.5 Å². The number of nitrogens with zero attached hydrogens (tertiary/aromatic N) is 1. The summed E-state index contributed by atoms with van der Waals surface area (Å²) < 4.78 is 5.02. The van der Waals surface area contributed by atoms with Crippen molar-refractivity contribution in [2.45, 2.75) is 20.1 Å². The van der Waals surface area contributed by atoms with Crippen molar-refractivity contribution in [1.29, 1.82) is 5.53 Å². The summed E-state index contributed by atoms with van der Waals surface area (Å²) in [6, 6.07) is 0. The van der Waals surface area contributed by atoms with E-state index in [1.54, 1.807) is 6.26 Å². The molecule has 0 amide bonds. The first kappa shape index (κ1) is 6.99. The number of nitrogens with one attached hydrogen (secondary N) is 1. The van der Waals surface area contributed by atoms with Gasteiger partial charge in [0.15, 0.2) is 0 Å². The van der Waals surface area contributed by atoms with Gasteiger partial charge in [0.2, 0.25) is 6.23 Å². The molecule has 3 heteroatoms. The lowest BCUT2D eigenvalue weighted by Crippen LogP contribution is -2.11. The summed E-state index contributed by atoms with van der Waals surface area (Å²) in [4.78, 5) is 0. The molecular weight excluding hydrogens is 128 g/mol. The molecule has 1 atom stereocenters. The van der Waals surface area contributed by atoms with Crippen LogP contribution in [0.3, 0.4) is 0 Å². The Morgan fingerprint density at radius 2 is 2.30 bits per heavy atom. The second-order valence-corrected chi connectivity index (χ2v) is 2.29. The number of ether oxygens (including phenoxy) is 1. The van der Waals surface area contributed by atoms with Crippen LogP contribution in [0, 0.1) is 5.53 Å². The van der Waals surface area contributed by atoms with Crippen LogP contribution in [-0.4, -0.2) is 6.23 Å². The Bertz CT molecular complexity index is 206. The third kappa shape index (κ3) is 1.07. The SMILES string of the molecule is CC1=C(C)C(N=N)OC=C1. The quantitative estimate of drug-likeness (QED) is 0.555. The van der Waals surface area contributed by atoms with E-state index in [9.17, 15) is 0 Å². The number of rotatable bonds is 1. The third-order valence-electron chi connectivity index (χ3n) is 1.64. The second kappa shape index (κ2) is 2.64. The molecule has 1 unspecified atom stereocenters. The first-order valence-electron chi connectivity index (χ1n) is 3.11. The van der Waals surface area contributed by atoms with Gasteiger partial charge in [0, 0.05) is 0 Å². The summed E-state index contributed by atoms with van der Waals surface area (Å²) in [6.45, 7) is 3.90. The maximum absolute atomic E-state index is 6.75. The second-order valence-electron chi connectivity index (χ2n) is 2.29. The fourth-order valence-corrected chi connectivity index (χ4v) is 0.771. The summed E-state index contributed by atoms with van der Waals surface area (Å²) in [5, 5.41) is 3.30. The molecule has 1 N–H and O–H groups in total. The van der Waals surface area contributed by atoms with Crippen LogP contribution in [0.25, 0.3) is 0 Å². The molecule has 1 aliphatic rings. The van der Waals surface area contributed by atoms with Gasteiger partial charge >= 0.3 is 0 Å². The van der Waals surface area contributed by atoms with E-state index in [1.807, 2.05) is 19.9 Å². The maximum Gasteiger partial charge on any atom is 0.229 e. The minimum absolute atomic E-state index is 0.384. The molecule has 0 radical (unpaired) electrons. The van der Waals surface area contributed by atoms with Gasteiger partial charge in [-0.1, -0.05) is 0 Å². The molecule has 0 aromatic rings. The molecule has 54 valence electrons. The van der Waals surface area contributed by atoms with E-state index in [0.717, 1.165) is 11.1 Å². The molecule has 0 bridgehead atoms. The van der Waals surface area contributed by atoms with E-state index >= 15 is 0 Å². The molecule has 0 aliphatic carbocycles. The van der Waals surface area contributed by atoms with E-state index < -0.39 is 0 Å². The summed E-state index contributed by atoms with van der Waals surface area (Å²) in [5.74, 6) is 0. The zero-order valence-electron chi connectivity index (χ0n) is 6.09. The molecule has 0 fully saturated rings. The van der Waals surface area contributed by atoms with Crippen LogP contribution in [0.5, 0.6) is 0 Å². The van der Waals surface area contributed by atoms with E-state index in [1.165, 1.54) is 0 Å². The van der Waals surface area contributed by atoms with Crippen molar-refractivity contribution in [1.82, 2.24) is 0 Å². The smallest absolute Gasteiger partial charge is 0.229 e. The average Bonchev–Trinajstić information content (AvgIpc) is 1.95. The molecule has 1 heterocycles. The van der Waals surface area contributed by atoms with Crippen molar-refractivity contribution >= 4 is 0 Å². The van der Waals surface area contributed by atoms with Crippen molar-refractivity contribution in [3.63, 3.8) is 0 Å². The standard InChI is InChI=1S/C7H10N2O/c1-5-3-4-10-7(9-8)6(5)2/h3-4,7-8H,1-2H3. The molecule has 0 saturated carbocycles. The van der Waals surface area contributed by atoms with Crippen LogP contribution < -0.4 is 0 Å². The Morgan fingerprint density at radius 3 is 2.80 bits per heavy atom. The highest BCUT2D eigenvalue weighted by atomic mass is 16.5. The molecule has 1 rings (SSSR count). The highest BCUT2D eigenvalue weighted by Gasteiger charge is 2.12. The lowest BCUT2D eigenvalue weighted by molar-refractivity contribution is 0.169. The fourth-order valence-electron chi connectivity index (χ4n) is 0.771. The molecule has 0 aromatic heterocycles. The van der Waals surface area contributed by atoms with E-state index in [2.05, 4.69) is 5.11 Å². The summed E-state index contributed by atoms with van der Waals surface area (Å²) in [5.41, 5.74) is 8.89. The molecule has 0 spiro atoms. The zero-order chi connectivity index (χ0) is 7.56. The van der Waals surface area contributed by atoms with Crippen LogP contribution in [0.1, 0.15) is 13.8 Å². The molecule has 3 nitrogen and oxygen atoms in total. The topological polar surface area (TPSA) is 45.4 Å². The van der Waals surface area contributed by atoms with Gasteiger partial charge in [0.1, 0.15) is 0 Å². The van der Waals surface area contributed by atoms with Crippen molar-refractivity contribution in [2.24, 2.45) is 5.11 Å². The van der Waals surface area contributed by atoms with Crippen molar-refractivity contribution in [2.75, 3.05) is 0 Å². The van der Waals surface area contributed by atoms with Crippen LogP contribution >= 0.6 is 0 Å². The Morgan fingerprint density at radius 1 is 1.60 bits per heavy atom.